The molecule has 13 heteroatoms. The number of carbonyl (C=O) groups excluding carboxylic acids is 4. The SMILES string of the molecule is CC(C)(C)[C@H](NC(=O)OCc1ccccc1)C(=O)N[C@@H](Cc1ccccc1)[C@@H](O)[C@@H](NCc1ccc(CNC(=O)CCc2nc3ccccc3[nH]2)cc1)C(=O)NCc1ccccc1. The number of aliphatic hydroxyl groups excluding tert-OH is 1. The molecule has 1 aromatic heterocycles. The molecular formula is C50H57N7O6. The number of ether oxygens (including phenoxy) is 1. The normalized spacial score (nSPS) is 13.3. The van der Waals surface area contributed by atoms with Gasteiger partial charge in [0.2, 0.25) is 17.7 Å². The van der Waals surface area contributed by atoms with Crippen LogP contribution in [0, 0.1) is 5.41 Å². The average molecular weight is 852 g/mol. The molecule has 1 heterocycles. The third kappa shape index (κ3) is 14.1. The van der Waals surface area contributed by atoms with E-state index < -0.39 is 47.6 Å². The van der Waals surface area contributed by atoms with Gasteiger partial charge in [-0.3, -0.25) is 19.7 Å². The molecule has 6 aromatic rings. The Morgan fingerprint density at radius 3 is 1.84 bits per heavy atom. The largest absolute Gasteiger partial charge is 0.445 e. The van der Waals surface area contributed by atoms with Gasteiger partial charge >= 0.3 is 6.09 Å². The Kier molecular flexibility index (Phi) is 16.2. The van der Waals surface area contributed by atoms with Gasteiger partial charge in [-0.15, -0.1) is 0 Å². The van der Waals surface area contributed by atoms with Crippen molar-refractivity contribution in [3.63, 3.8) is 0 Å². The van der Waals surface area contributed by atoms with E-state index in [4.69, 9.17) is 4.74 Å². The second kappa shape index (κ2) is 22.3. The number of hydrogen-bond acceptors (Lipinski definition) is 8. The molecule has 0 saturated heterocycles. The summed E-state index contributed by atoms with van der Waals surface area (Å²) >= 11 is 0. The molecule has 5 aromatic carbocycles. The molecule has 0 unspecified atom stereocenters. The number of carbonyl (C=O) groups is 4. The number of H-pyrrole nitrogens is 1. The second-order valence-electron chi connectivity index (χ2n) is 16.7. The zero-order chi connectivity index (χ0) is 44.6. The minimum Gasteiger partial charge on any atom is -0.445 e. The van der Waals surface area contributed by atoms with Crippen molar-refractivity contribution in [1.29, 1.82) is 0 Å². The van der Waals surface area contributed by atoms with Gasteiger partial charge in [-0.05, 0) is 51.8 Å². The molecule has 4 atom stereocenters. The second-order valence-corrected chi connectivity index (χ2v) is 16.7. The van der Waals surface area contributed by atoms with E-state index in [1.165, 1.54) is 0 Å². The van der Waals surface area contributed by atoms with Gasteiger partial charge in [0.1, 0.15) is 24.5 Å². The molecule has 0 aliphatic rings. The fourth-order valence-electron chi connectivity index (χ4n) is 7.09. The summed E-state index contributed by atoms with van der Waals surface area (Å²) in [6.07, 6.45) is -1.22. The number of amides is 4. The quantitative estimate of drug-likeness (QED) is 0.0487. The van der Waals surface area contributed by atoms with E-state index in [1.54, 1.807) is 0 Å². The number of nitrogens with zero attached hydrogens (tertiary/aromatic N) is 1. The number of hydrogen-bond donors (Lipinski definition) is 7. The number of aromatic nitrogens is 2. The Morgan fingerprint density at radius 1 is 0.651 bits per heavy atom. The van der Waals surface area contributed by atoms with Crippen LogP contribution < -0.4 is 26.6 Å². The highest BCUT2D eigenvalue weighted by atomic mass is 16.5. The molecule has 6 rings (SSSR count). The van der Waals surface area contributed by atoms with E-state index in [2.05, 4.69) is 36.6 Å². The third-order valence-electron chi connectivity index (χ3n) is 10.6. The van der Waals surface area contributed by atoms with Gasteiger partial charge in [0, 0.05) is 32.5 Å². The van der Waals surface area contributed by atoms with Crippen LogP contribution in [0.1, 0.15) is 60.8 Å². The summed E-state index contributed by atoms with van der Waals surface area (Å²) in [6.45, 7) is 6.25. The molecule has 4 amide bonds. The summed E-state index contributed by atoms with van der Waals surface area (Å²) in [5, 5.41) is 27.1. The summed E-state index contributed by atoms with van der Waals surface area (Å²) in [7, 11) is 0. The first-order valence-electron chi connectivity index (χ1n) is 21.2. The first kappa shape index (κ1) is 45.7. The minimum atomic E-state index is -1.43. The van der Waals surface area contributed by atoms with Crippen molar-refractivity contribution in [2.75, 3.05) is 0 Å². The summed E-state index contributed by atoms with van der Waals surface area (Å²) in [4.78, 5) is 61.8. The maximum absolute atomic E-state index is 14.2. The van der Waals surface area contributed by atoms with Gasteiger partial charge < -0.3 is 36.1 Å². The van der Waals surface area contributed by atoms with Crippen LogP contribution >= 0.6 is 0 Å². The fraction of sp³-hybridized carbons (Fsp3) is 0.300. The number of rotatable bonds is 20. The van der Waals surface area contributed by atoms with Gasteiger partial charge in [0.05, 0.1) is 23.2 Å². The summed E-state index contributed by atoms with van der Waals surface area (Å²) in [5.74, 6) is -0.336. The summed E-state index contributed by atoms with van der Waals surface area (Å²) in [6, 6.07) is 40.2. The molecule has 0 aliphatic heterocycles. The molecule has 7 N–H and O–H groups in total. The highest BCUT2D eigenvalue weighted by molar-refractivity contribution is 5.87. The zero-order valence-electron chi connectivity index (χ0n) is 36.0. The number of aliphatic hydroxyl groups is 1. The van der Waals surface area contributed by atoms with Crippen molar-refractivity contribution in [3.05, 3.63) is 173 Å². The molecule has 0 radical (unpaired) electrons. The van der Waals surface area contributed by atoms with Gasteiger partial charge in [-0.1, -0.05) is 148 Å². The lowest BCUT2D eigenvalue weighted by Gasteiger charge is -2.35. The number of para-hydroxylation sites is 2. The molecule has 63 heavy (non-hydrogen) atoms. The van der Waals surface area contributed by atoms with E-state index in [0.29, 0.717) is 13.0 Å². The molecule has 328 valence electrons. The Labute approximate surface area is 368 Å². The molecule has 0 bridgehead atoms. The Bertz CT molecular complexity index is 2350. The lowest BCUT2D eigenvalue weighted by molar-refractivity contribution is -0.130. The summed E-state index contributed by atoms with van der Waals surface area (Å²) < 4.78 is 5.46. The predicted octanol–water partition coefficient (Wildman–Crippen LogP) is 6.02. The van der Waals surface area contributed by atoms with Crippen LogP contribution in [0.2, 0.25) is 0 Å². The first-order valence-corrected chi connectivity index (χ1v) is 21.2. The first-order chi connectivity index (χ1) is 30.4. The third-order valence-corrected chi connectivity index (χ3v) is 10.6. The number of nitrogens with one attached hydrogen (secondary N) is 6. The van der Waals surface area contributed by atoms with Gasteiger partial charge in [0.25, 0.3) is 0 Å². The molecular weight excluding hydrogens is 795 g/mol. The zero-order valence-corrected chi connectivity index (χ0v) is 36.0. The van der Waals surface area contributed by atoms with Crippen molar-refractivity contribution in [2.24, 2.45) is 5.41 Å². The Hall–Kier alpha value is -6.83. The lowest BCUT2D eigenvalue weighted by atomic mass is 9.85. The van der Waals surface area contributed by atoms with Gasteiger partial charge in [-0.2, -0.15) is 0 Å². The van der Waals surface area contributed by atoms with Gasteiger partial charge in [-0.25, -0.2) is 9.78 Å². The molecule has 0 saturated carbocycles. The van der Waals surface area contributed by atoms with E-state index in [-0.39, 0.29) is 38.4 Å². The number of benzene rings is 5. The molecule has 0 spiro atoms. The Morgan fingerprint density at radius 2 is 1.21 bits per heavy atom. The van der Waals surface area contributed by atoms with Crippen molar-refractivity contribution >= 4 is 34.8 Å². The van der Waals surface area contributed by atoms with Crippen molar-refractivity contribution in [1.82, 2.24) is 36.6 Å². The van der Waals surface area contributed by atoms with E-state index in [9.17, 15) is 24.3 Å². The number of aromatic amines is 1. The minimum absolute atomic E-state index is 0.0242. The lowest BCUT2D eigenvalue weighted by Crippen LogP contribution is -2.62. The highest BCUT2D eigenvalue weighted by Gasteiger charge is 2.38. The monoisotopic (exact) mass is 851 g/mol. The Balaban J connectivity index is 1.13. The fourth-order valence-corrected chi connectivity index (χ4v) is 7.09. The average Bonchev–Trinajstić information content (AvgIpc) is 3.72. The number of alkyl carbamates (subject to hydrolysis) is 1. The number of fused-ring (bicyclic) bond motifs is 1. The van der Waals surface area contributed by atoms with Gasteiger partial charge in [0.15, 0.2) is 0 Å². The van der Waals surface area contributed by atoms with Crippen LogP contribution in [0.4, 0.5) is 4.79 Å². The van der Waals surface area contributed by atoms with Crippen LogP contribution in [0.25, 0.3) is 11.0 Å². The maximum atomic E-state index is 14.2. The summed E-state index contributed by atoms with van der Waals surface area (Å²) in [5.41, 5.74) is 5.27. The number of imidazole rings is 1. The number of aryl methyl sites for hydroxylation is 1. The van der Waals surface area contributed by atoms with Crippen LogP contribution in [0.15, 0.2) is 140 Å². The van der Waals surface area contributed by atoms with Crippen molar-refractivity contribution in [3.8, 4) is 0 Å². The van der Waals surface area contributed by atoms with Crippen LogP contribution in [0.5, 0.6) is 0 Å². The van der Waals surface area contributed by atoms with Crippen molar-refractivity contribution in [2.45, 2.75) is 90.5 Å². The highest BCUT2D eigenvalue weighted by Crippen LogP contribution is 2.21. The van der Waals surface area contributed by atoms with E-state index in [0.717, 1.165) is 44.7 Å². The molecule has 0 fully saturated rings. The van der Waals surface area contributed by atoms with Crippen molar-refractivity contribution < 1.29 is 29.0 Å². The predicted molar refractivity (Wildman–Crippen MR) is 243 cm³/mol. The maximum Gasteiger partial charge on any atom is 0.408 e. The van der Waals surface area contributed by atoms with E-state index in [1.807, 2.05) is 160 Å². The molecule has 13 nitrogen and oxygen atoms in total. The van der Waals surface area contributed by atoms with Crippen LogP contribution in [0.3, 0.4) is 0 Å². The van der Waals surface area contributed by atoms with E-state index >= 15 is 0 Å². The van der Waals surface area contributed by atoms with Crippen LogP contribution in [-0.2, 0) is 58.2 Å². The smallest absolute Gasteiger partial charge is 0.408 e. The van der Waals surface area contributed by atoms with Crippen LogP contribution in [-0.4, -0.2) is 63.1 Å². The topological polar surface area (TPSA) is 187 Å². The standard InChI is InChI=1S/C50H57N7O6/c1-50(2,3)46(57-49(62)63-33-38-19-11-6-12-20-38)48(61)56-41(29-34-15-7-4-8-16-34)45(59)44(47(60)53-32-35-17-9-5-10-18-35)52-31-37-25-23-36(24-26-37)30-51-43(58)28-27-42-54-39-21-13-14-22-40(39)55-42/h4-26,41,44-46,52,59H,27-33H2,1-3H3,(H,51,58)(H,53,60)(H,54,55)(H,56,61)(H,57,62)/t41-,44+,45+,46+/m0/s1. The molecule has 0 aliphatic carbocycles.